The molecule has 0 bridgehead atoms. The monoisotopic (exact) mass is 213 g/mol. The van der Waals surface area contributed by atoms with Crippen LogP contribution in [-0.2, 0) is 9.53 Å². The van der Waals surface area contributed by atoms with Crippen LogP contribution in [0.3, 0.4) is 0 Å². The van der Waals surface area contributed by atoms with Crippen molar-refractivity contribution in [3.05, 3.63) is 12.2 Å². The lowest BCUT2D eigenvalue weighted by atomic mass is 10.2. The van der Waals surface area contributed by atoms with Crippen molar-refractivity contribution < 1.29 is 9.53 Å². The van der Waals surface area contributed by atoms with Gasteiger partial charge < -0.3 is 9.64 Å². The fraction of sp³-hybridized carbons (Fsp3) is 0.750. The van der Waals surface area contributed by atoms with Crippen LogP contribution in [0.5, 0.6) is 0 Å². The Morgan fingerprint density at radius 1 is 1.40 bits per heavy atom. The lowest BCUT2D eigenvalue weighted by molar-refractivity contribution is -0.143. The van der Waals surface area contributed by atoms with E-state index in [-0.39, 0.29) is 12.1 Å². The number of hydrogen-bond acceptors (Lipinski definition) is 3. The lowest BCUT2D eigenvalue weighted by Gasteiger charge is -2.20. The van der Waals surface area contributed by atoms with E-state index in [0.29, 0.717) is 5.57 Å². The van der Waals surface area contributed by atoms with Gasteiger partial charge in [0.15, 0.2) is 0 Å². The molecule has 0 aromatic heterocycles. The Labute approximate surface area is 93.1 Å². The summed E-state index contributed by atoms with van der Waals surface area (Å²) in [6.07, 6.45) is 0.843. The average Bonchev–Trinajstić information content (AvgIpc) is 2.19. The molecule has 0 fully saturated rings. The molecule has 0 saturated carbocycles. The molecule has 0 spiro atoms. The van der Waals surface area contributed by atoms with Crippen molar-refractivity contribution in [2.75, 3.05) is 19.6 Å². The normalized spacial score (nSPS) is 12.6. The van der Waals surface area contributed by atoms with Gasteiger partial charge in [-0.25, -0.2) is 4.79 Å². The van der Waals surface area contributed by atoms with E-state index in [1.807, 2.05) is 6.92 Å². The average molecular weight is 213 g/mol. The lowest BCUT2D eigenvalue weighted by Crippen LogP contribution is -2.27. The van der Waals surface area contributed by atoms with E-state index in [1.54, 1.807) is 6.92 Å². The van der Waals surface area contributed by atoms with Crippen molar-refractivity contribution in [2.45, 2.75) is 40.2 Å². The molecule has 0 amide bonds. The minimum atomic E-state index is -0.290. The summed E-state index contributed by atoms with van der Waals surface area (Å²) in [5, 5.41) is 0. The molecule has 1 unspecified atom stereocenters. The summed E-state index contributed by atoms with van der Waals surface area (Å²) in [6, 6.07) is 0. The Kier molecular flexibility index (Phi) is 7.05. The highest BCUT2D eigenvalue weighted by molar-refractivity contribution is 5.87. The minimum Gasteiger partial charge on any atom is -0.459 e. The standard InChI is InChI=1S/C12H23NO2/c1-6-13(7-2)9-8-11(5)15-12(14)10(3)4/h11H,3,6-9H2,1-2,4-5H3. The first-order chi connectivity index (χ1) is 7.01. The summed E-state index contributed by atoms with van der Waals surface area (Å²) in [6.45, 7) is 14.5. The van der Waals surface area contributed by atoms with Crippen LogP contribution in [0.4, 0.5) is 0 Å². The molecule has 0 saturated heterocycles. The summed E-state index contributed by atoms with van der Waals surface area (Å²) in [7, 11) is 0. The minimum absolute atomic E-state index is 0.0326. The van der Waals surface area contributed by atoms with Gasteiger partial charge in [0.25, 0.3) is 0 Å². The van der Waals surface area contributed by atoms with Gasteiger partial charge in [0.1, 0.15) is 6.10 Å². The number of ether oxygens (including phenoxy) is 1. The summed E-state index contributed by atoms with van der Waals surface area (Å²) in [5.74, 6) is -0.290. The van der Waals surface area contributed by atoms with Crippen LogP contribution in [0.15, 0.2) is 12.2 Å². The van der Waals surface area contributed by atoms with Crippen LogP contribution >= 0.6 is 0 Å². The van der Waals surface area contributed by atoms with Gasteiger partial charge in [0.05, 0.1) is 0 Å². The zero-order chi connectivity index (χ0) is 11.8. The maximum absolute atomic E-state index is 11.2. The first-order valence-electron chi connectivity index (χ1n) is 5.60. The Morgan fingerprint density at radius 2 is 1.93 bits per heavy atom. The molecule has 15 heavy (non-hydrogen) atoms. The van der Waals surface area contributed by atoms with Crippen LogP contribution in [0.2, 0.25) is 0 Å². The molecule has 0 aromatic carbocycles. The van der Waals surface area contributed by atoms with Gasteiger partial charge in [-0.05, 0) is 33.4 Å². The molecular formula is C12H23NO2. The molecule has 0 radical (unpaired) electrons. The zero-order valence-corrected chi connectivity index (χ0v) is 10.4. The smallest absolute Gasteiger partial charge is 0.333 e. The van der Waals surface area contributed by atoms with E-state index in [1.165, 1.54) is 0 Å². The van der Waals surface area contributed by atoms with Crippen molar-refractivity contribution in [1.82, 2.24) is 4.90 Å². The predicted octanol–water partition coefficient (Wildman–Crippen LogP) is 2.23. The van der Waals surface area contributed by atoms with Gasteiger partial charge >= 0.3 is 5.97 Å². The molecule has 1 atom stereocenters. The van der Waals surface area contributed by atoms with Crippen molar-refractivity contribution in [3.63, 3.8) is 0 Å². The zero-order valence-electron chi connectivity index (χ0n) is 10.4. The molecule has 0 rings (SSSR count). The van der Waals surface area contributed by atoms with Crippen molar-refractivity contribution in [3.8, 4) is 0 Å². The Morgan fingerprint density at radius 3 is 2.33 bits per heavy atom. The molecule has 0 N–H and O–H groups in total. The molecule has 3 nitrogen and oxygen atoms in total. The topological polar surface area (TPSA) is 29.5 Å². The quantitative estimate of drug-likeness (QED) is 0.480. The van der Waals surface area contributed by atoms with Crippen molar-refractivity contribution in [2.24, 2.45) is 0 Å². The van der Waals surface area contributed by atoms with Crippen LogP contribution in [0.1, 0.15) is 34.1 Å². The number of carbonyl (C=O) groups excluding carboxylic acids is 1. The molecule has 3 heteroatoms. The van der Waals surface area contributed by atoms with E-state index in [9.17, 15) is 4.79 Å². The van der Waals surface area contributed by atoms with E-state index in [4.69, 9.17) is 4.74 Å². The summed E-state index contributed by atoms with van der Waals surface area (Å²) < 4.78 is 5.19. The van der Waals surface area contributed by atoms with Gasteiger partial charge in [-0.3, -0.25) is 0 Å². The number of esters is 1. The van der Waals surface area contributed by atoms with Crippen LogP contribution < -0.4 is 0 Å². The Balaban J connectivity index is 3.79. The van der Waals surface area contributed by atoms with Crippen molar-refractivity contribution >= 4 is 5.97 Å². The molecule has 0 aliphatic carbocycles. The third-order valence-electron chi connectivity index (χ3n) is 2.40. The molecule has 0 heterocycles. The number of nitrogens with zero attached hydrogens (tertiary/aromatic N) is 1. The first-order valence-corrected chi connectivity index (χ1v) is 5.60. The highest BCUT2D eigenvalue weighted by Gasteiger charge is 2.10. The van der Waals surface area contributed by atoms with Gasteiger partial charge in [-0.1, -0.05) is 20.4 Å². The molecule has 0 aromatic rings. The fourth-order valence-corrected chi connectivity index (χ4v) is 1.25. The van der Waals surface area contributed by atoms with Crippen LogP contribution in [0.25, 0.3) is 0 Å². The first kappa shape index (κ1) is 14.2. The number of carbonyl (C=O) groups is 1. The third-order valence-corrected chi connectivity index (χ3v) is 2.40. The second kappa shape index (κ2) is 7.46. The highest BCUT2D eigenvalue weighted by Crippen LogP contribution is 2.03. The van der Waals surface area contributed by atoms with Gasteiger partial charge in [0, 0.05) is 12.1 Å². The molecule has 88 valence electrons. The van der Waals surface area contributed by atoms with Gasteiger partial charge in [-0.15, -0.1) is 0 Å². The largest absolute Gasteiger partial charge is 0.459 e. The maximum atomic E-state index is 11.2. The Bertz CT molecular complexity index is 210. The fourth-order valence-electron chi connectivity index (χ4n) is 1.25. The van der Waals surface area contributed by atoms with E-state index >= 15 is 0 Å². The van der Waals surface area contributed by atoms with Gasteiger partial charge in [-0.2, -0.15) is 0 Å². The summed E-state index contributed by atoms with van der Waals surface area (Å²) in [5.41, 5.74) is 0.463. The van der Waals surface area contributed by atoms with E-state index < -0.39 is 0 Å². The summed E-state index contributed by atoms with van der Waals surface area (Å²) in [4.78, 5) is 13.5. The third kappa shape index (κ3) is 6.28. The predicted molar refractivity (Wildman–Crippen MR) is 62.8 cm³/mol. The SMILES string of the molecule is C=C(C)C(=O)OC(C)CCN(CC)CC. The maximum Gasteiger partial charge on any atom is 0.333 e. The number of rotatable bonds is 7. The summed E-state index contributed by atoms with van der Waals surface area (Å²) >= 11 is 0. The highest BCUT2D eigenvalue weighted by atomic mass is 16.5. The van der Waals surface area contributed by atoms with Crippen LogP contribution in [0, 0.1) is 0 Å². The molecule has 0 aliphatic rings. The Hall–Kier alpha value is -0.830. The van der Waals surface area contributed by atoms with Gasteiger partial charge in [0.2, 0.25) is 0 Å². The number of hydrogen-bond donors (Lipinski definition) is 0. The van der Waals surface area contributed by atoms with Crippen LogP contribution in [-0.4, -0.2) is 36.6 Å². The molecule has 0 aliphatic heterocycles. The van der Waals surface area contributed by atoms with Crippen molar-refractivity contribution in [1.29, 1.82) is 0 Å². The second-order valence-corrected chi connectivity index (χ2v) is 3.81. The van der Waals surface area contributed by atoms with E-state index in [0.717, 1.165) is 26.1 Å². The molecular weight excluding hydrogens is 190 g/mol. The van der Waals surface area contributed by atoms with E-state index in [2.05, 4.69) is 25.3 Å². The second-order valence-electron chi connectivity index (χ2n) is 3.81.